The molecule has 3 rings (SSSR count). The summed E-state index contributed by atoms with van der Waals surface area (Å²) in [6.07, 6.45) is 4.39. The molecule has 0 aromatic heterocycles. The Morgan fingerprint density at radius 2 is 1.88 bits per heavy atom. The van der Waals surface area contributed by atoms with Crippen LogP contribution in [-0.2, 0) is 21.2 Å². The summed E-state index contributed by atoms with van der Waals surface area (Å²) in [4.78, 5) is 15.0. The minimum Gasteiger partial charge on any atom is -0.334 e. The van der Waals surface area contributed by atoms with Gasteiger partial charge in [0.15, 0.2) is 0 Å². The van der Waals surface area contributed by atoms with Crippen LogP contribution in [-0.4, -0.2) is 43.2 Å². The fraction of sp³-hybridized carbons (Fsp3) is 0.458. The molecule has 1 amide bonds. The minimum atomic E-state index is -3.98. The molecule has 2 aromatic rings. The maximum atomic E-state index is 13.5. The molecule has 1 aliphatic heterocycles. The van der Waals surface area contributed by atoms with E-state index in [1.807, 2.05) is 25.1 Å². The van der Waals surface area contributed by atoms with Crippen molar-refractivity contribution in [2.75, 3.05) is 19.6 Å². The zero-order valence-corrected chi connectivity index (χ0v) is 20.9. The van der Waals surface area contributed by atoms with Crippen LogP contribution < -0.4 is 0 Å². The fourth-order valence-corrected chi connectivity index (χ4v) is 6.33. The van der Waals surface area contributed by atoms with Crippen LogP contribution in [0.15, 0.2) is 47.4 Å². The van der Waals surface area contributed by atoms with Crippen molar-refractivity contribution in [3.8, 4) is 0 Å². The van der Waals surface area contributed by atoms with Gasteiger partial charge in [-0.2, -0.15) is 4.31 Å². The molecule has 8 heteroatoms. The summed E-state index contributed by atoms with van der Waals surface area (Å²) in [6.45, 7) is 4.70. The Morgan fingerprint density at radius 1 is 1.12 bits per heavy atom. The van der Waals surface area contributed by atoms with E-state index in [9.17, 15) is 13.2 Å². The first-order chi connectivity index (χ1) is 15.3. The summed E-state index contributed by atoms with van der Waals surface area (Å²) in [5.41, 5.74) is 2.35. The van der Waals surface area contributed by atoms with Crippen LogP contribution in [0, 0.1) is 0 Å². The third kappa shape index (κ3) is 5.66. The molecule has 174 valence electrons. The normalized spacial score (nSPS) is 16.3. The van der Waals surface area contributed by atoms with E-state index >= 15 is 0 Å². The standard InChI is InChI=1S/C24H30Cl2N2O3S/c1-3-4-5-8-14-27(32(30,31)23-16-20(25)11-12-22(23)26)17-24(29)28-15-13-19-9-6-7-10-21(19)18(28)2/h6-7,9-12,16,18H,3-5,8,13-15,17H2,1-2H3. The number of unbranched alkanes of at least 4 members (excludes halogenated alkanes) is 3. The Bertz CT molecular complexity index is 1060. The van der Waals surface area contributed by atoms with Crippen molar-refractivity contribution in [2.24, 2.45) is 0 Å². The zero-order valence-electron chi connectivity index (χ0n) is 18.6. The first-order valence-corrected chi connectivity index (χ1v) is 13.3. The molecule has 0 fully saturated rings. The maximum Gasteiger partial charge on any atom is 0.245 e. The molecule has 0 aliphatic carbocycles. The lowest BCUT2D eigenvalue weighted by Gasteiger charge is -2.36. The van der Waals surface area contributed by atoms with E-state index in [1.54, 1.807) is 11.0 Å². The van der Waals surface area contributed by atoms with Gasteiger partial charge in [0.1, 0.15) is 4.90 Å². The highest BCUT2D eigenvalue weighted by atomic mass is 35.5. The Labute approximate surface area is 201 Å². The first kappa shape index (κ1) is 25.0. The molecule has 5 nitrogen and oxygen atoms in total. The molecule has 1 aliphatic rings. The monoisotopic (exact) mass is 496 g/mol. The Kier molecular flexibility index (Phi) is 8.62. The fourth-order valence-electron chi connectivity index (χ4n) is 4.17. The first-order valence-electron chi connectivity index (χ1n) is 11.1. The van der Waals surface area contributed by atoms with Gasteiger partial charge in [0.2, 0.25) is 15.9 Å². The predicted octanol–water partition coefficient (Wildman–Crippen LogP) is 5.71. The molecule has 1 atom stereocenters. The van der Waals surface area contributed by atoms with Crippen LogP contribution in [0.5, 0.6) is 0 Å². The van der Waals surface area contributed by atoms with E-state index < -0.39 is 10.0 Å². The van der Waals surface area contributed by atoms with Crippen molar-refractivity contribution in [3.63, 3.8) is 0 Å². The van der Waals surface area contributed by atoms with Crippen LogP contribution >= 0.6 is 23.2 Å². The van der Waals surface area contributed by atoms with Gasteiger partial charge in [-0.1, -0.05) is 73.7 Å². The third-order valence-corrected chi connectivity index (χ3v) is 8.56. The second-order valence-corrected chi connectivity index (χ2v) is 10.9. The molecular formula is C24H30Cl2N2O3S. The Morgan fingerprint density at radius 3 is 2.62 bits per heavy atom. The summed E-state index contributed by atoms with van der Waals surface area (Å²) in [5.74, 6) is -0.204. The molecule has 1 unspecified atom stereocenters. The maximum absolute atomic E-state index is 13.5. The number of halogens is 2. The Hall–Kier alpha value is -1.60. The lowest BCUT2D eigenvalue weighted by molar-refractivity contribution is -0.134. The number of amides is 1. The van der Waals surface area contributed by atoms with E-state index in [0.717, 1.165) is 31.2 Å². The Balaban J connectivity index is 1.84. The van der Waals surface area contributed by atoms with Gasteiger partial charge in [-0.3, -0.25) is 4.79 Å². The zero-order chi connectivity index (χ0) is 23.3. The summed E-state index contributed by atoms with van der Waals surface area (Å²) in [7, 11) is -3.98. The van der Waals surface area contributed by atoms with Gasteiger partial charge in [-0.15, -0.1) is 0 Å². The predicted molar refractivity (Wildman–Crippen MR) is 130 cm³/mol. The summed E-state index contributed by atoms with van der Waals surface area (Å²) < 4.78 is 28.2. The number of hydrogen-bond donors (Lipinski definition) is 0. The molecule has 1 heterocycles. The molecule has 0 radical (unpaired) electrons. The highest BCUT2D eigenvalue weighted by Crippen LogP contribution is 2.31. The molecule has 32 heavy (non-hydrogen) atoms. The van der Waals surface area contributed by atoms with E-state index in [4.69, 9.17) is 23.2 Å². The van der Waals surface area contributed by atoms with Crippen LogP contribution in [0.4, 0.5) is 0 Å². The summed E-state index contributed by atoms with van der Waals surface area (Å²) in [6, 6.07) is 12.3. The molecule has 0 spiro atoms. The average molecular weight is 497 g/mol. The van der Waals surface area contributed by atoms with Crippen molar-refractivity contribution in [3.05, 3.63) is 63.6 Å². The lowest BCUT2D eigenvalue weighted by Crippen LogP contribution is -2.46. The highest BCUT2D eigenvalue weighted by molar-refractivity contribution is 7.89. The number of nitrogens with zero attached hydrogens (tertiary/aromatic N) is 2. The summed E-state index contributed by atoms with van der Waals surface area (Å²) in [5, 5.41) is 0.382. The van der Waals surface area contributed by atoms with E-state index in [-0.39, 0.29) is 40.0 Å². The number of rotatable bonds is 9. The van der Waals surface area contributed by atoms with Crippen molar-refractivity contribution >= 4 is 39.1 Å². The van der Waals surface area contributed by atoms with E-state index in [1.165, 1.54) is 22.0 Å². The molecule has 2 aromatic carbocycles. The van der Waals surface area contributed by atoms with Crippen LogP contribution in [0.2, 0.25) is 10.0 Å². The van der Waals surface area contributed by atoms with Crippen molar-refractivity contribution < 1.29 is 13.2 Å². The SMILES string of the molecule is CCCCCCN(CC(=O)N1CCc2ccccc2C1C)S(=O)(=O)c1cc(Cl)ccc1Cl. The van der Waals surface area contributed by atoms with Crippen LogP contribution in [0.1, 0.15) is 56.7 Å². The summed E-state index contributed by atoms with van der Waals surface area (Å²) >= 11 is 12.3. The van der Waals surface area contributed by atoms with Gasteiger partial charge in [0, 0.05) is 18.1 Å². The topological polar surface area (TPSA) is 57.7 Å². The average Bonchev–Trinajstić information content (AvgIpc) is 2.77. The van der Waals surface area contributed by atoms with E-state index in [2.05, 4.69) is 13.0 Å². The quantitative estimate of drug-likeness (QED) is 0.417. The number of sulfonamides is 1. The smallest absolute Gasteiger partial charge is 0.245 e. The van der Waals surface area contributed by atoms with E-state index in [0.29, 0.717) is 13.0 Å². The van der Waals surface area contributed by atoms with Gasteiger partial charge >= 0.3 is 0 Å². The van der Waals surface area contributed by atoms with Gasteiger partial charge in [0.05, 0.1) is 17.6 Å². The molecule has 0 saturated carbocycles. The second-order valence-electron chi connectivity index (χ2n) is 8.19. The molecule has 0 saturated heterocycles. The van der Waals surface area contributed by atoms with Gasteiger partial charge in [-0.05, 0) is 49.1 Å². The number of fused-ring (bicyclic) bond motifs is 1. The second kappa shape index (κ2) is 11.0. The molecule has 0 N–H and O–H groups in total. The van der Waals surface area contributed by atoms with Crippen LogP contribution in [0.3, 0.4) is 0 Å². The van der Waals surface area contributed by atoms with Gasteiger partial charge < -0.3 is 4.90 Å². The third-order valence-electron chi connectivity index (χ3n) is 6.00. The number of carbonyl (C=O) groups is 1. The molecular weight excluding hydrogens is 467 g/mol. The number of carbonyl (C=O) groups excluding carboxylic acids is 1. The van der Waals surface area contributed by atoms with Gasteiger partial charge in [-0.25, -0.2) is 8.42 Å². The number of benzene rings is 2. The van der Waals surface area contributed by atoms with Crippen LogP contribution in [0.25, 0.3) is 0 Å². The molecule has 0 bridgehead atoms. The minimum absolute atomic E-state index is 0.0630. The van der Waals surface area contributed by atoms with Gasteiger partial charge in [0.25, 0.3) is 0 Å². The van der Waals surface area contributed by atoms with Crippen molar-refractivity contribution in [2.45, 2.75) is 56.9 Å². The van der Waals surface area contributed by atoms with Crippen molar-refractivity contribution in [1.82, 2.24) is 9.21 Å². The largest absolute Gasteiger partial charge is 0.334 e. The lowest BCUT2D eigenvalue weighted by atomic mass is 9.93. The number of hydrogen-bond acceptors (Lipinski definition) is 3. The highest BCUT2D eigenvalue weighted by Gasteiger charge is 2.33. The van der Waals surface area contributed by atoms with Crippen molar-refractivity contribution in [1.29, 1.82) is 0 Å².